The van der Waals surface area contributed by atoms with Gasteiger partial charge >= 0.3 is 6.18 Å². The van der Waals surface area contributed by atoms with Crippen LogP contribution < -0.4 is 5.32 Å². The third-order valence-electron chi connectivity index (χ3n) is 1.82. The van der Waals surface area contributed by atoms with Crippen molar-refractivity contribution in [3.05, 3.63) is 11.6 Å². The predicted octanol–water partition coefficient (Wildman–Crippen LogP) is 1.03. The fourth-order valence-corrected chi connectivity index (χ4v) is 1.09. The van der Waals surface area contributed by atoms with Gasteiger partial charge in [-0.25, -0.2) is 4.98 Å². The van der Waals surface area contributed by atoms with Gasteiger partial charge in [-0.3, -0.25) is 4.68 Å². The van der Waals surface area contributed by atoms with Crippen molar-refractivity contribution in [2.24, 2.45) is 7.05 Å². The summed E-state index contributed by atoms with van der Waals surface area (Å²) in [5.41, 5.74) is 0. The molecule has 7 heteroatoms. The van der Waals surface area contributed by atoms with Gasteiger partial charge in [-0.1, -0.05) is 6.92 Å². The molecule has 0 aliphatic heterocycles. The van der Waals surface area contributed by atoms with Crippen molar-refractivity contribution < 1.29 is 13.2 Å². The Morgan fingerprint density at radius 2 is 2.07 bits per heavy atom. The Kier molecular flexibility index (Phi) is 3.67. The van der Waals surface area contributed by atoms with E-state index in [1.165, 1.54) is 4.68 Å². The first-order valence-electron chi connectivity index (χ1n) is 4.58. The zero-order chi connectivity index (χ0) is 11.5. The van der Waals surface area contributed by atoms with Crippen LogP contribution in [0.25, 0.3) is 0 Å². The lowest BCUT2D eigenvalue weighted by Gasteiger charge is -2.06. The van der Waals surface area contributed by atoms with Crippen molar-refractivity contribution in [2.45, 2.75) is 26.1 Å². The SMILES string of the molecule is CCc1nc(CNCC(F)(F)F)n(C)n1. The number of aromatic nitrogens is 3. The van der Waals surface area contributed by atoms with Crippen LogP contribution in [-0.4, -0.2) is 27.5 Å². The largest absolute Gasteiger partial charge is 0.401 e. The van der Waals surface area contributed by atoms with Crippen LogP contribution in [0, 0.1) is 0 Å². The second kappa shape index (κ2) is 4.61. The summed E-state index contributed by atoms with van der Waals surface area (Å²) in [5.74, 6) is 1.15. The first-order chi connectivity index (χ1) is 6.92. The van der Waals surface area contributed by atoms with Crippen LogP contribution in [0.3, 0.4) is 0 Å². The van der Waals surface area contributed by atoms with Gasteiger partial charge < -0.3 is 5.32 Å². The molecule has 1 rings (SSSR count). The highest BCUT2D eigenvalue weighted by Crippen LogP contribution is 2.12. The highest BCUT2D eigenvalue weighted by Gasteiger charge is 2.26. The van der Waals surface area contributed by atoms with Crippen molar-refractivity contribution in [1.29, 1.82) is 0 Å². The smallest absolute Gasteiger partial charge is 0.302 e. The molecule has 0 saturated heterocycles. The molecule has 15 heavy (non-hydrogen) atoms. The maximum Gasteiger partial charge on any atom is 0.401 e. The minimum atomic E-state index is -4.19. The van der Waals surface area contributed by atoms with Crippen molar-refractivity contribution in [3.8, 4) is 0 Å². The highest BCUT2D eigenvalue weighted by atomic mass is 19.4. The van der Waals surface area contributed by atoms with E-state index >= 15 is 0 Å². The topological polar surface area (TPSA) is 42.7 Å². The second-order valence-electron chi connectivity index (χ2n) is 3.14. The highest BCUT2D eigenvalue weighted by molar-refractivity contribution is 4.91. The van der Waals surface area contributed by atoms with Gasteiger partial charge in [0.2, 0.25) is 0 Å². The van der Waals surface area contributed by atoms with E-state index in [1.807, 2.05) is 6.92 Å². The summed E-state index contributed by atoms with van der Waals surface area (Å²) in [6, 6.07) is 0. The molecule has 0 fully saturated rings. The number of halogens is 3. The predicted molar refractivity (Wildman–Crippen MR) is 48.1 cm³/mol. The van der Waals surface area contributed by atoms with Gasteiger partial charge in [0.05, 0.1) is 13.1 Å². The van der Waals surface area contributed by atoms with Crippen molar-refractivity contribution in [2.75, 3.05) is 6.54 Å². The van der Waals surface area contributed by atoms with Crippen LogP contribution in [0.15, 0.2) is 0 Å². The maximum atomic E-state index is 11.8. The molecular formula is C8H13F3N4. The Hall–Kier alpha value is -1.11. The van der Waals surface area contributed by atoms with Gasteiger partial charge in [-0.05, 0) is 0 Å². The number of hydrogen-bond donors (Lipinski definition) is 1. The molecule has 0 aliphatic carbocycles. The molecule has 1 N–H and O–H groups in total. The van der Waals surface area contributed by atoms with Crippen molar-refractivity contribution in [1.82, 2.24) is 20.1 Å². The minimum absolute atomic E-state index is 0.0724. The fraction of sp³-hybridized carbons (Fsp3) is 0.750. The molecule has 0 unspecified atom stereocenters. The molecule has 1 heterocycles. The van der Waals surface area contributed by atoms with Gasteiger partial charge in [0, 0.05) is 13.5 Å². The summed E-state index contributed by atoms with van der Waals surface area (Å²) in [5, 5.41) is 6.30. The molecule has 1 aromatic rings. The van der Waals surface area contributed by atoms with Crippen LogP contribution in [-0.2, 0) is 20.0 Å². The fourth-order valence-electron chi connectivity index (χ4n) is 1.09. The molecule has 0 aromatic carbocycles. The van der Waals surface area contributed by atoms with E-state index in [1.54, 1.807) is 7.05 Å². The lowest BCUT2D eigenvalue weighted by atomic mass is 10.5. The van der Waals surface area contributed by atoms with E-state index < -0.39 is 12.7 Å². The average Bonchev–Trinajstić information content (AvgIpc) is 2.45. The van der Waals surface area contributed by atoms with Gasteiger partial charge in [-0.2, -0.15) is 18.3 Å². The van der Waals surface area contributed by atoms with E-state index in [9.17, 15) is 13.2 Å². The minimum Gasteiger partial charge on any atom is -0.302 e. The lowest BCUT2D eigenvalue weighted by molar-refractivity contribution is -0.125. The van der Waals surface area contributed by atoms with Crippen LogP contribution in [0.4, 0.5) is 13.2 Å². The van der Waals surface area contributed by atoms with E-state index in [4.69, 9.17) is 0 Å². The van der Waals surface area contributed by atoms with Crippen molar-refractivity contribution >= 4 is 0 Å². The second-order valence-corrected chi connectivity index (χ2v) is 3.14. The average molecular weight is 222 g/mol. The van der Waals surface area contributed by atoms with E-state index in [-0.39, 0.29) is 6.54 Å². The number of aryl methyl sites for hydroxylation is 2. The summed E-state index contributed by atoms with van der Waals surface area (Å²) in [6.45, 7) is 0.951. The molecule has 0 spiro atoms. The quantitative estimate of drug-likeness (QED) is 0.827. The molecule has 0 aliphatic rings. The molecular weight excluding hydrogens is 209 g/mol. The van der Waals surface area contributed by atoms with Gasteiger partial charge in [0.25, 0.3) is 0 Å². The van der Waals surface area contributed by atoms with Gasteiger partial charge in [-0.15, -0.1) is 0 Å². The normalized spacial score (nSPS) is 12.1. The van der Waals surface area contributed by atoms with Crippen LogP contribution in [0.5, 0.6) is 0 Å². The molecule has 0 radical (unpaired) electrons. The molecule has 86 valence electrons. The van der Waals surface area contributed by atoms with Crippen LogP contribution >= 0.6 is 0 Å². The van der Waals surface area contributed by atoms with Crippen LogP contribution in [0.2, 0.25) is 0 Å². The Morgan fingerprint density at radius 3 is 2.53 bits per heavy atom. The molecule has 0 saturated carbocycles. The third-order valence-corrected chi connectivity index (χ3v) is 1.82. The third kappa shape index (κ3) is 3.86. The Labute approximate surface area is 85.5 Å². The molecule has 1 aromatic heterocycles. The number of hydrogen-bond acceptors (Lipinski definition) is 3. The zero-order valence-corrected chi connectivity index (χ0v) is 8.60. The maximum absolute atomic E-state index is 11.8. The van der Waals surface area contributed by atoms with E-state index in [0.29, 0.717) is 18.1 Å². The number of alkyl halides is 3. The van der Waals surface area contributed by atoms with E-state index in [0.717, 1.165) is 0 Å². The van der Waals surface area contributed by atoms with Gasteiger partial charge in [0.15, 0.2) is 5.82 Å². The summed E-state index contributed by atoms with van der Waals surface area (Å²) in [6.07, 6.45) is -3.51. The molecule has 0 amide bonds. The summed E-state index contributed by atoms with van der Waals surface area (Å²) in [7, 11) is 1.66. The zero-order valence-electron chi connectivity index (χ0n) is 8.60. The summed E-state index contributed by atoms with van der Waals surface area (Å²) >= 11 is 0. The molecule has 0 atom stereocenters. The first-order valence-corrected chi connectivity index (χ1v) is 4.58. The Morgan fingerprint density at radius 1 is 1.40 bits per heavy atom. The summed E-state index contributed by atoms with van der Waals surface area (Å²) in [4.78, 5) is 4.07. The Balaban J connectivity index is 2.47. The number of nitrogens with one attached hydrogen (secondary N) is 1. The van der Waals surface area contributed by atoms with Crippen molar-refractivity contribution in [3.63, 3.8) is 0 Å². The molecule has 4 nitrogen and oxygen atoms in total. The standard InChI is InChI=1S/C8H13F3N4/c1-3-6-13-7(15(2)14-6)4-12-5-8(9,10)11/h12H,3-5H2,1-2H3. The van der Waals surface area contributed by atoms with Crippen LogP contribution in [0.1, 0.15) is 18.6 Å². The number of rotatable bonds is 4. The molecule has 0 bridgehead atoms. The first kappa shape index (κ1) is 12.0. The van der Waals surface area contributed by atoms with E-state index in [2.05, 4.69) is 15.4 Å². The van der Waals surface area contributed by atoms with Gasteiger partial charge in [0.1, 0.15) is 5.82 Å². The summed E-state index contributed by atoms with van der Waals surface area (Å²) < 4.78 is 37.0. The number of nitrogens with zero attached hydrogens (tertiary/aromatic N) is 3. The lowest BCUT2D eigenvalue weighted by Crippen LogP contribution is -2.29. The monoisotopic (exact) mass is 222 g/mol. The Bertz CT molecular complexity index is 318.